The molecule has 0 bridgehead atoms. The number of ketones is 1. The Hall–Kier alpha value is -2.88. The second kappa shape index (κ2) is 7.51. The van der Waals surface area contributed by atoms with Gasteiger partial charge in [0.05, 0.1) is 12.0 Å². The highest BCUT2D eigenvalue weighted by Crippen LogP contribution is 2.48. The number of fused-ring (bicyclic) bond motifs is 3. The molecule has 2 aliphatic rings. The summed E-state index contributed by atoms with van der Waals surface area (Å²) in [5, 5.41) is 0. The minimum Gasteiger partial charge on any atom is -0.452 e. The Kier molecular flexibility index (Phi) is 5.03. The molecule has 2 heterocycles. The minimum absolute atomic E-state index is 0.00123. The number of ether oxygens (including phenoxy) is 2. The highest BCUT2D eigenvalue weighted by Gasteiger charge is 2.37. The standard InChI is InChI=1S/C25H26O4/c1-14(2)11-18-13-22(26)28-20-10-9-19-24(27)21(29-25(19)23(18)20)12-16-5-7-17(8-6-16)15(3)4/h5-10,12,14-15,18H,11,13H2,1-4H3/b21-12-/t18-/m1/s1. The summed E-state index contributed by atoms with van der Waals surface area (Å²) >= 11 is 0. The summed E-state index contributed by atoms with van der Waals surface area (Å²) in [7, 11) is 0. The molecule has 0 fully saturated rings. The van der Waals surface area contributed by atoms with E-state index in [1.54, 1.807) is 18.2 Å². The lowest BCUT2D eigenvalue weighted by atomic mass is 9.84. The fourth-order valence-corrected chi connectivity index (χ4v) is 4.10. The van der Waals surface area contributed by atoms with Crippen molar-refractivity contribution in [2.75, 3.05) is 0 Å². The van der Waals surface area contributed by atoms with Gasteiger partial charge in [0.2, 0.25) is 5.78 Å². The number of benzene rings is 2. The van der Waals surface area contributed by atoms with Crippen molar-refractivity contribution < 1.29 is 19.1 Å². The number of hydrogen-bond acceptors (Lipinski definition) is 4. The average molecular weight is 390 g/mol. The predicted octanol–water partition coefficient (Wildman–Crippen LogP) is 5.87. The SMILES string of the molecule is CC(C)C[C@@H]1CC(=O)Oc2ccc3c(c21)O/C(=C\c1ccc(C(C)C)cc1)C3=O. The lowest BCUT2D eigenvalue weighted by molar-refractivity contribution is -0.136. The smallest absolute Gasteiger partial charge is 0.311 e. The van der Waals surface area contributed by atoms with Gasteiger partial charge in [-0.05, 0) is 47.6 Å². The van der Waals surface area contributed by atoms with E-state index in [1.807, 2.05) is 12.1 Å². The molecule has 0 radical (unpaired) electrons. The van der Waals surface area contributed by atoms with Gasteiger partial charge in [0.1, 0.15) is 11.5 Å². The van der Waals surface area contributed by atoms with E-state index in [4.69, 9.17) is 9.47 Å². The summed E-state index contributed by atoms with van der Waals surface area (Å²) in [6.45, 7) is 8.55. The maximum Gasteiger partial charge on any atom is 0.311 e. The molecular formula is C25H26O4. The summed E-state index contributed by atoms with van der Waals surface area (Å²) < 4.78 is 11.5. The summed E-state index contributed by atoms with van der Waals surface area (Å²) in [4.78, 5) is 25.0. The van der Waals surface area contributed by atoms with Crippen LogP contribution in [0.1, 0.15) is 79.4 Å². The maximum atomic E-state index is 13.0. The molecule has 0 saturated carbocycles. The predicted molar refractivity (Wildman–Crippen MR) is 112 cm³/mol. The van der Waals surface area contributed by atoms with Crippen LogP contribution in [-0.4, -0.2) is 11.8 Å². The van der Waals surface area contributed by atoms with Gasteiger partial charge >= 0.3 is 5.97 Å². The number of hydrogen-bond donors (Lipinski definition) is 0. The zero-order valence-electron chi connectivity index (χ0n) is 17.3. The first-order valence-electron chi connectivity index (χ1n) is 10.2. The Labute approximate surface area is 171 Å². The summed E-state index contributed by atoms with van der Waals surface area (Å²) in [6, 6.07) is 11.6. The first-order chi connectivity index (χ1) is 13.8. The van der Waals surface area contributed by atoms with Crippen LogP contribution in [0.3, 0.4) is 0 Å². The molecule has 0 aliphatic carbocycles. The van der Waals surface area contributed by atoms with Crippen LogP contribution < -0.4 is 9.47 Å². The average Bonchev–Trinajstić information content (AvgIpc) is 2.97. The van der Waals surface area contributed by atoms with Gasteiger partial charge in [-0.2, -0.15) is 0 Å². The molecular weight excluding hydrogens is 364 g/mol. The summed E-state index contributed by atoms with van der Waals surface area (Å²) in [5.41, 5.74) is 3.56. The molecule has 1 atom stereocenters. The lowest BCUT2D eigenvalue weighted by Crippen LogP contribution is -2.21. The molecule has 2 aromatic rings. The fourth-order valence-electron chi connectivity index (χ4n) is 4.10. The molecule has 0 aromatic heterocycles. The molecule has 29 heavy (non-hydrogen) atoms. The zero-order chi connectivity index (χ0) is 20.7. The second-order valence-corrected chi connectivity index (χ2v) is 8.62. The number of carbonyl (C=O) groups is 2. The Morgan fingerprint density at radius 1 is 1.00 bits per heavy atom. The van der Waals surface area contributed by atoms with Crippen molar-refractivity contribution >= 4 is 17.8 Å². The molecule has 0 spiro atoms. The first kappa shape index (κ1) is 19.4. The van der Waals surface area contributed by atoms with Crippen molar-refractivity contribution in [1.29, 1.82) is 0 Å². The quantitative estimate of drug-likeness (QED) is 0.372. The van der Waals surface area contributed by atoms with Gasteiger partial charge in [-0.3, -0.25) is 9.59 Å². The van der Waals surface area contributed by atoms with Gasteiger partial charge in [0, 0.05) is 11.5 Å². The zero-order valence-corrected chi connectivity index (χ0v) is 17.3. The molecule has 2 aliphatic heterocycles. The molecule has 0 N–H and O–H groups in total. The van der Waals surface area contributed by atoms with E-state index in [2.05, 4.69) is 39.8 Å². The lowest BCUT2D eigenvalue weighted by Gasteiger charge is -2.27. The van der Waals surface area contributed by atoms with E-state index in [-0.39, 0.29) is 17.7 Å². The van der Waals surface area contributed by atoms with Crippen molar-refractivity contribution in [2.24, 2.45) is 5.92 Å². The Morgan fingerprint density at radius 2 is 1.72 bits per heavy atom. The first-order valence-corrected chi connectivity index (χ1v) is 10.2. The Balaban J connectivity index is 1.70. The van der Waals surface area contributed by atoms with Gasteiger partial charge in [-0.25, -0.2) is 0 Å². The van der Waals surface area contributed by atoms with Crippen LogP contribution in [0.25, 0.3) is 6.08 Å². The normalized spacial score (nSPS) is 19.4. The Bertz CT molecular complexity index is 996. The molecule has 0 saturated heterocycles. The van der Waals surface area contributed by atoms with Crippen LogP contribution in [0, 0.1) is 5.92 Å². The topological polar surface area (TPSA) is 52.6 Å². The third-order valence-corrected chi connectivity index (χ3v) is 5.54. The number of Topliss-reactive ketones (excluding diaryl/α,β-unsaturated/α-hetero) is 1. The van der Waals surface area contributed by atoms with Crippen LogP contribution in [0.2, 0.25) is 0 Å². The molecule has 4 nitrogen and oxygen atoms in total. The number of rotatable bonds is 4. The van der Waals surface area contributed by atoms with E-state index < -0.39 is 0 Å². The summed E-state index contributed by atoms with van der Waals surface area (Å²) in [6.07, 6.45) is 2.94. The monoisotopic (exact) mass is 390 g/mol. The van der Waals surface area contributed by atoms with Crippen LogP contribution in [0.15, 0.2) is 42.2 Å². The van der Waals surface area contributed by atoms with Crippen molar-refractivity contribution in [2.45, 2.75) is 52.4 Å². The highest BCUT2D eigenvalue weighted by atomic mass is 16.5. The van der Waals surface area contributed by atoms with Crippen molar-refractivity contribution in [1.82, 2.24) is 0 Å². The van der Waals surface area contributed by atoms with Crippen LogP contribution in [0.5, 0.6) is 11.5 Å². The third kappa shape index (κ3) is 3.71. The molecule has 150 valence electrons. The number of allylic oxidation sites excluding steroid dienone is 1. The van der Waals surface area contributed by atoms with Gasteiger partial charge < -0.3 is 9.47 Å². The van der Waals surface area contributed by atoms with E-state index >= 15 is 0 Å². The Morgan fingerprint density at radius 3 is 2.38 bits per heavy atom. The number of esters is 1. The second-order valence-electron chi connectivity index (χ2n) is 8.62. The van der Waals surface area contributed by atoms with Gasteiger partial charge in [0.25, 0.3) is 0 Å². The number of carbonyl (C=O) groups excluding carboxylic acids is 2. The van der Waals surface area contributed by atoms with E-state index in [0.29, 0.717) is 41.1 Å². The molecule has 2 aromatic carbocycles. The van der Waals surface area contributed by atoms with Gasteiger partial charge in [-0.15, -0.1) is 0 Å². The maximum absolute atomic E-state index is 13.0. The minimum atomic E-state index is -0.228. The van der Waals surface area contributed by atoms with Gasteiger partial charge in [0.15, 0.2) is 5.76 Å². The molecule has 4 heteroatoms. The molecule has 0 amide bonds. The molecule has 0 unspecified atom stereocenters. The third-order valence-electron chi connectivity index (χ3n) is 5.54. The van der Waals surface area contributed by atoms with Crippen LogP contribution in [-0.2, 0) is 4.79 Å². The van der Waals surface area contributed by atoms with E-state index in [1.165, 1.54) is 5.56 Å². The fraction of sp³-hybridized carbons (Fsp3) is 0.360. The van der Waals surface area contributed by atoms with Crippen LogP contribution in [0.4, 0.5) is 0 Å². The summed E-state index contributed by atoms with van der Waals surface area (Å²) in [5.74, 6) is 1.89. The van der Waals surface area contributed by atoms with Gasteiger partial charge in [-0.1, -0.05) is 52.0 Å². The largest absolute Gasteiger partial charge is 0.452 e. The molecule has 4 rings (SSSR count). The van der Waals surface area contributed by atoms with Crippen molar-refractivity contribution in [3.05, 3.63) is 64.4 Å². The van der Waals surface area contributed by atoms with E-state index in [9.17, 15) is 9.59 Å². The van der Waals surface area contributed by atoms with Crippen molar-refractivity contribution in [3.63, 3.8) is 0 Å². The highest BCUT2D eigenvalue weighted by molar-refractivity contribution is 6.15. The van der Waals surface area contributed by atoms with E-state index in [0.717, 1.165) is 17.5 Å². The van der Waals surface area contributed by atoms with Crippen molar-refractivity contribution in [3.8, 4) is 11.5 Å². The van der Waals surface area contributed by atoms with Crippen LogP contribution >= 0.6 is 0 Å².